The summed E-state index contributed by atoms with van der Waals surface area (Å²) in [6.07, 6.45) is 4.95. The third-order valence-electron chi connectivity index (χ3n) is 3.45. The molecule has 0 unspecified atom stereocenters. The third-order valence-corrected chi connectivity index (χ3v) is 4.01. The van der Waals surface area contributed by atoms with Crippen LogP contribution >= 0.6 is 11.8 Å². The van der Waals surface area contributed by atoms with Gasteiger partial charge in [0.2, 0.25) is 0 Å². The van der Waals surface area contributed by atoms with Gasteiger partial charge in [-0.3, -0.25) is 14.2 Å². The van der Waals surface area contributed by atoms with Gasteiger partial charge in [0.15, 0.2) is 5.16 Å². The number of nitrogens with one attached hydrogen (secondary N) is 1. The van der Waals surface area contributed by atoms with E-state index in [4.69, 9.17) is 5.73 Å². The largest absolute Gasteiger partial charge is 0.365 e. The van der Waals surface area contributed by atoms with Gasteiger partial charge in [-0.05, 0) is 36.6 Å². The van der Waals surface area contributed by atoms with Crippen molar-refractivity contribution in [3.05, 3.63) is 70.8 Å². The van der Waals surface area contributed by atoms with E-state index in [2.05, 4.69) is 15.3 Å². The number of rotatable bonds is 5. The van der Waals surface area contributed by atoms with Crippen LogP contribution in [-0.4, -0.2) is 26.7 Å². The van der Waals surface area contributed by atoms with Crippen LogP contribution in [0.1, 0.15) is 10.4 Å². The van der Waals surface area contributed by atoms with E-state index in [9.17, 15) is 9.59 Å². The Labute approximate surface area is 147 Å². The highest BCUT2D eigenvalue weighted by Crippen LogP contribution is 2.21. The summed E-state index contributed by atoms with van der Waals surface area (Å²) >= 11 is 1.36. The summed E-state index contributed by atoms with van der Waals surface area (Å²) in [5, 5.41) is 3.60. The van der Waals surface area contributed by atoms with Crippen molar-refractivity contribution in [2.75, 3.05) is 11.6 Å². The Kier molecular flexibility index (Phi) is 4.80. The quantitative estimate of drug-likeness (QED) is 0.538. The van der Waals surface area contributed by atoms with Crippen molar-refractivity contribution in [1.82, 2.24) is 14.5 Å². The van der Waals surface area contributed by atoms with Crippen molar-refractivity contribution in [3.63, 3.8) is 0 Å². The lowest BCUT2D eigenvalue weighted by molar-refractivity contribution is 0.100. The predicted octanol–water partition coefficient (Wildman–Crippen LogP) is 2.19. The monoisotopic (exact) mass is 353 g/mol. The highest BCUT2D eigenvalue weighted by Gasteiger charge is 2.12. The Bertz CT molecular complexity index is 969. The summed E-state index contributed by atoms with van der Waals surface area (Å²) in [6.45, 7) is 0. The van der Waals surface area contributed by atoms with Crippen molar-refractivity contribution in [3.8, 4) is 5.69 Å². The van der Waals surface area contributed by atoms with E-state index >= 15 is 0 Å². The Balaban J connectivity index is 1.91. The molecule has 0 atom stereocenters. The van der Waals surface area contributed by atoms with Crippen LogP contribution in [0.15, 0.2) is 64.8 Å². The summed E-state index contributed by atoms with van der Waals surface area (Å²) in [4.78, 5) is 31.8. The molecule has 1 amide bonds. The third kappa shape index (κ3) is 3.69. The van der Waals surface area contributed by atoms with Crippen LogP contribution < -0.4 is 16.6 Å². The molecule has 3 N–H and O–H groups in total. The molecule has 0 bridgehead atoms. The van der Waals surface area contributed by atoms with Crippen LogP contribution in [0, 0.1) is 0 Å². The van der Waals surface area contributed by atoms with Gasteiger partial charge in [-0.2, -0.15) is 0 Å². The van der Waals surface area contributed by atoms with E-state index in [1.165, 1.54) is 28.6 Å². The van der Waals surface area contributed by atoms with Crippen LogP contribution in [0.4, 0.5) is 11.5 Å². The van der Waals surface area contributed by atoms with E-state index in [1.54, 1.807) is 42.6 Å². The number of thioether (sulfide) groups is 1. The minimum Gasteiger partial charge on any atom is -0.365 e. The van der Waals surface area contributed by atoms with Gasteiger partial charge in [-0.1, -0.05) is 17.8 Å². The highest BCUT2D eigenvalue weighted by molar-refractivity contribution is 7.98. The zero-order valence-corrected chi connectivity index (χ0v) is 14.2. The Morgan fingerprint density at radius 3 is 2.60 bits per heavy atom. The second-order valence-electron chi connectivity index (χ2n) is 5.06. The van der Waals surface area contributed by atoms with Gasteiger partial charge in [-0.25, -0.2) is 9.97 Å². The Morgan fingerprint density at radius 2 is 1.96 bits per heavy atom. The number of primary amides is 1. The number of carbonyl (C=O) groups is 1. The zero-order chi connectivity index (χ0) is 17.8. The molecule has 126 valence electrons. The molecule has 0 radical (unpaired) electrons. The molecular formula is C17H15N5O2S. The second kappa shape index (κ2) is 7.18. The van der Waals surface area contributed by atoms with E-state index in [0.717, 1.165) is 5.69 Å². The summed E-state index contributed by atoms with van der Waals surface area (Å²) in [7, 11) is 0. The number of nitrogens with two attached hydrogens (primary N) is 1. The molecule has 0 aliphatic carbocycles. The number of benzene rings is 1. The molecule has 0 saturated heterocycles. The van der Waals surface area contributed by atoms with Crippen molar-refractivity contribution >= 4 is 29.2 Å². The number of aromatic nitrogens is 3. The molecule has 0 aliphatic rings. The minimum absolute atomic E-state index is 0.111. The fourth-order valence-electron chi connectivity index (χ4n) is 2.22. The first kappa shape index (κ1) is 16.7. The molecule has 3 aromatic rings. The average molecular weight is 353 g/mol. The van der Waals surface area contributed by atoms with Gasteiger partial charge in [0.1, 0.15) is 11.4 Å². The van der Waals surface area contributed by atoms with Gasteiger partial charge >= 0.3 is 0 Å². The van der Waals surface area contributed by atoms with Crippen LogP contribution in [-0.2, 0) is 0 Å². The highest BCUT2D eigenvalue weighted by atomic mass is 32.2. The van der Waals surface area contributed by atoms with Crippen molar-refractivity contribution in [2.45, 2.75) is 5.16 Å². The summed E-state index contributed by atoms with van der Waals surface area (Å²) in [5.41, 5.74) is 6.91. The number of nitrogens with zero attached hydrogens (tertiary/aromatic N) is 3. The number of pyridine rings is 1. The average Bonchev–Trinajstić information content (AvgIpc) is 2.62. The molecule has 0 spiro atoms. The van der Waals surface area contributed by atoms with E-state index < -0.39 is 5.91 Å². The molecular weight excluding hydrogens is 338 g/mol. The summed E-state index contributed by atoms with van der Waals surface area (Å²) in [6, 6.07) is 12.2. The van der Waals surface area contributed by atoms with Gasteiger partial charge in [-0.15, -0.1) is 0 Å². The lowest BCUT2D eigenvalue weighted by Crippen LogP contribution is -2.16. The molecule has 1 aromatic carbocycles. The predicted molar refractivity (Wildman–Crippen MR) is 97.7 cm³/mol. The fourth-order valence-corrected chi connectivity index (χ4v) is 2.56. The number of carbonyl (C=O) groups excluding carboxylic acids is 1. The standard InChI is InChI=1S/C17H15N5O2S/c1-25-17-19-10-13(15(18)24)16(21-17)20-11-5-7-12(8-6-11)22-9-3-2-4-14(22)23/h2-10H,1H3,(H2,18,24)(H,19,20,21). The molecule has 25 heavy (non-hydrogen) atoms. The molecule has 3 rings (SSSR count). The normalized spacial score (nSPS) is 10.4. The first-order valence-corrected chi connectivity index (χ1v) is 8.57. The van der Waals surface area contributed by atoms with E-state index in [-0.39, 0.29) is 11.1 Å². The molecule has 0 aliphatic heterocycles. The summed E-state index contributed by atoms with van der Waals surface area (Å²) in [5.74, 6) is -0.265. The van der Waals surface area contributed by atoms with E-state index in [1.807, 2.05) is 6.26 Å². The lowest BCUT2D eigenvalue weighted by atomic mass is 10.2. The van der Waals surface area contributed by atoms with Gasteiger partial charge in [0, 0.05) is 29.8 Å². The molecule has 2 aromatic heterocycles. The molecule has 8 heteroatoms. The Morgan fingerprint density at radius 1 is 1.20 bits per heavy atom. The van der Waals surface area contributed by atoms with Crippen molar-refractivity contribution in [2.24, 2.45) is 5.73 Å². The second-order valence-corrected chi connectivity index (χ2v) is 5.84. The van der Waals surface area contributed by atoms with Crippen molar-refractivity contribution in [1.29, 1.82) is 0 Å². The van der Waals surface area contributed by atoms with Crippen LogP contribution in [0.3, 0.4) is 0 Å². The maximum Gasteiger partial charge on any atom is 0.255 e. The first-order chi connectivity index (χ1) is 12.1. The van der Waals surface area contributed by atoms with Gasteiger partial charge in [0.05, 0.1) is 0 Å². The minimum atomic E-state index is -0.609. The van der Waals surface area contributed by atoms with Crippen molar-refractivity contribution < 1.29 is 4.79 Å². The number of amides is 1. The molecule has 7 nitrogen and oxygen atoms in total. The molecule has 2 heterocycles. The lowest BCUT2D eigenvalue weighted by Gasteiger charge is -2.11. The smallest absolute Gasteiger partial charge is 0.255 e. The SMILES string of the molecule is CSc1ncc(C(N)=O)c(Nc2ccc(-n3ccccc3=O)cc2)n1. The maximum atomic E-state index is 11.9. The molecule has 0 saturated carbocycles. The molecule has 0 fully saturated rings. The van der Waals surface area contributed by atoms with E-state index in [0.29, 0.717) is 16.7 Å². The van der Waals surface area contributed by atoms with Gasteiger partial charge < -0.3 is 11.1 Å². The summed E-state index contributed by atoms with van der Waals surface area (Å²) < 4.78 is 1.54. The van der Waals surface area contributed by atoms with Crippen LogP contribution in [0.2, 0.25) is 0 Å². The van der Waals surface area contributed by atoms with Crippen LogP contribution in [0.5, 0.6) is 0 Å². The Hall–Kier alpha value is -3.13. The zero-order valence-electron chi connectivity index (χ0n) is 13.3. The number of hydrogen-bond donors (Lipinski definition) is 2. The van der Waals surface area contributed by atoms with Crippen LogP contribution in [0.25, 0.3) is 5.69 Å². The maximum absolute atomic E-state index is 11.9. The topological polar surface area (TPSA) is 103 Å². The number of hydrogen-bond acceptors (Lipinski definition) is 6. The fraction of sp³-hybridized carbons (Fsp3) is 0.0588. The number of anilines is 2. The van der Waals surface area contributed by atoms with Gasteiger partial charge in [0.25, 0.3) is 11.5 Å². The first-order valence-electron chi connectivity index (χ1n) is 7.34.